The van der Waals surface area contributed by atoms with Crippen LogP contribution in [0.4, 0.5) is 10.5 Å². The second kappa shape index (κ2) is 9.03. The van der Waals surface area contributed by atoms with Gasteiger partial charge in [-0.3, -0.25) is 10.1 Å². The van der Waals surface area contributed by atoms with E-state index in [4.69, 9.17) is 10.00 Å². The van der Waals surface area contributed by atoms with Crippen molar-refractivity contribution in [1.82, 2.24) is 5.32 Å². The number of amides is 1. The number of carbonyl (C=O) groups is 1. The van der Waals surface area contributed by atoms with Gasteiger partial charge in [-0.05, 0) is 28.3 Å². The van der Waals surface area contributed by atoms with Crippen LogP contribution in [0.25, 0.3) is 11.1 Å². The first-order chi connectivity index (χ1) is 15.6. The molecule has 0 aromatic heterocycles. The van der Waals surface area contributed by atoms with Gasteiger partial charge < -0.3 is 10.1 Å². The summed E-state index contributed by atoms with van der Waals surface area (Å²) in [4.78, 5) is 22.4. The number of hydrogen-bond acceptors (Lipinski definition) is 5. The average Bonchev–Trinajstić information content (AvgIpc) is 3.14. The number of nitrogens with one attached hydrogen (secondary N) is 1. The van der Waals surface area contributed by atoms with Gasteiger partial charge in [-0.25, -0.2) is 4.79 Å². The van der Waals surface area contributed by atoms with E-state index in [1.807, 2.05) is 42.5 Å². The first-order valence-corrected chi connectivity index (χ1v) is 9.84. The Morgan fingerprint density at radius 2 is 1.69 bits per heavy atom. The number of nitrogens with zero attached hydrogens (tertiary/aromatic N) is 2. The third-order valence-corrected chi connectivity index (χ3v) is 5.22. The molecule has 0 spiro atoms. The van der Waals surface area contributed by atoms with Crippen LogP contribution >= 0.6 is 0 Å². The first-order valence-electron chi connectivity index (χ1n) is 9.84. The second-order valence-corrected chi connectivity index (χ2v) is 7.08. The van der Waals surface area contributed by atoms with Crippen LogP contribution in [0.15, 0.2) is 66.7 Å². The topological polar surface area (TPSA) is 105 Å². The summed E-state index contributed by atoms with van der Waals surface area (Å²) in [7, 11) is 0. The molecular weight excluding hydrogens is 406 g/mol. The van der Waals surface area contributed by atoms with E-state index in [-0.39, 0.29) is 30.3 Å². The Hall–Kier alpha value is -4.62. The lowest BCUT2D eigenvalue weighted by Crippen LogP contribution is -2.26. The summed E-state index contributed by atoms with van der Waals surface area (Å²) in [5.74, 6) is 5.45. The average molecular weight is 423 g/mol. The highest BCUT2D eigenvalue weighted by Gasteiger charge is 2.28. The Balaban J connectivity index is 1.36. The molecule has 32 heavy (non-hydrogen) atoms. The third kappa shape index (κ3) is 4.14. The number of nitro benzene ring substituents is 1. The van der Waals surface area contributed by atoms with Gasteiger partial charge in [-0.2, -0.15) is 5.26 Å². The lowest BCUT2D eigenvalue weighted by atomic mass is 9.98. The number of benzene rings is 3. The number of nitriles is 1. The highest BCUT2D eigenvalue weighted by Crippen LogP contribution is 2.44. The van der Waals surface area contributed by atoms with Crippen molar-refractivity contribution in [2.45, 2.75) is 5.92 Å². The molecule has 0 radical (unpaired) electrons. The molecule has 7 nitrogen and oxygen atoms in total. The Morgan fingerprint density at radius 3 is 2.31 bits per heavy atom. The SMILES string of the molecule is N#Cc1cc([N+](=O)[O-])ccc1C#CCNC(=O)OCC1c2ccccc2-c2ccccc21. The highest BCUT2D eigenvalue weighted by molar-refractivity contribution is 5.79. The fourth-order valence-corrected chi connectivity index (χ4v) is 3.75. The van der Waals surface area contributed by atoms with E-state index in [2.05, 4.69) is 29.3 Å². The number of fused-ring (bicyclic) bond motifs is 3. The third-order valence-electron chi connectivity index (χ3n) is 5.22. The smallest absolute Gasteiger partial charge is 0.407 e. The predicted octanol–water partition coefficient (Wildman–Crippen LogP) is 4.36. The number of alkyl carbamates (subject to hydrolysis) is 1. The van der Waals surface area contributed by atoms with Crippen LogP contribution in [0, 0.1) is 33.3 Å². The van der Waals surface area contributed by atoms with Crippen LogP contribution in [0.3, 0.4) is 0 Å². The Bertz CT molecular complexity index is 1270. The maximum atomic E-state index is 12.1. The van der Waals surface area contributed by atoms with Crippen molar-refractivity contribution in [2.75, 3.05) is 13.2 Å². The molecule has 0 saturated heterocycles. The standard InChI is InChI=1S/C25H17N3O4/c26-15-18-14-19(28(30)31)12-11-17(18)6-5-13-27-25(29)32-16-24-22-9-3-1-7-20(22)21-8-2-4-10-23(21)24/h1-4,7-12,14,24H,13,16H2,(H,27,29). The molecule has 1 aliphatic rings. The van der Waals surface area contributed by atoms with E-state index >= 15 is 0 Å². The molecule has 0 saturated carbocycles. The summed E-state index contributed by atoms with van der Waals surface area (Å²) in [6.07, 6.45) is -0.592. The van der Waals surface area contributed by atoms with E-state index in [0.717, 1.165) is 22.3 Å². The minimum Gasteiger partial charge on any atom is -0.449 e. The van der Waals surface area contributed by atoms with E-state index in [1.165, 1.54) is 18.2 Å². The lowest BCUT2D eigenvalue weighted by Gasteiger charge is -2.14. The Kier molecular flexibility index (Phi) is 5.83. The maximum absolute atomic E-state index is 12.1. The molecule has 3 aromatic carbocycles. The van der Waals surface area contributed by atoms with Crippen molar-refractivity contribution >= 4 is 11.8 Å². The largest absolute Gasteiger partial charge is 0.449 e. The lowest BCUT2D eigenvalue weighted by molar-refractivity contribution is -0.384. The molecule has 1 amide bonds. The number of ether oxygens (including phenoxy) is 1. The highest BCUT2D eigenvalue weighted by atomic mass is 16.6. The molecule has 1 N–H and O–H groups in total. The normalized spacial score (nSPS) is 11.3. The van der Waals surface area contributed by atoms with Gasteiger partial charge in [0.2, 0.25) is 0 Å². The molecule has 0 unspecified atom stereocenters. The van der Waals surface area contributed by atoms with E-state index in [9.17, 15) is 14.9 Å². The van der Waals surface area contributed by atoms with E-state index in [1.54, 1.807) is 0 Å². The molecule has 0 fully saturated rings. The van der Waals surface area contributed by atoms with E-state index < -0.39 is 11.0 Å². The zero-order chi connectivity index (χ0) is 22.5. The second-order valence-electron chi connectivity index (χ2n) is 7.08. The number of nitro groups is 1. The van der Waals surface area contributed by atoms with Crippen molar-refractivity contribution in [2.24, 2.45) is 0 Å². The molecule has 1 aliphatic carbocycles. The van der Waals surface area contributed by atoms with Crippen molar-refractivity contribution in [1.29, 1.82) is 5.26 Å². The quantitative estimate of drug-likeness (QED) is 0.381. The van der Waals surface area contributed by atoms with Gasteiger partial charge in [-0.1, -0.05) is 60.4 Å². The molecule has 0 aliphatic heterocycles. The summed E-state index contributed by atoms with van der Waals surface area (Å²) in [5.41, 5.74) is 4.84. The molecular formula is C25H17N3O4. The zero-order valence-corrected chi connectivity index (χ0v) is 16.9. The molecule has 4 rings (SSSR count). The van der Waals surface area contributed by atoms with Gasteiger partial charge in [0, 0.05) is 23.6 Å². The molecule has 3 aromatic rings. The molecule has 0 heterocycles. The predicted molar refractivity (Wildman–Crippen MR) is 118 cm³/mol. The number of hydrogen-bond donors (Lipinski definition) is 1. The Labute approximate surface area is 184 Å². The summed E-state index contributed by atoms with van der Waals surface area (Å²) in [6, 6.07) is 21.9. The number of non-ortho nitro benzene ring substituents is 1. The number of rotatable bonds is 4. The molecule has 0 bridgehead atoms. The summed E-state index contributed by atoms with van der Waals surface area (Å²) < 4.78 is 5.43. The van der Waals surface area contributed by atoms with Crippen LogP contribution in [0.1, 0.15) is 28.2 Å². The fourth-order valence-electron chi connectivity index (χ4n) is 3.75. The minimum atomic E-state index is -0.592. The zero-order valence-electron chi connectivity index (χ0n) is 16.9. The van der Waals surface area contributed by atoms with Gasteiger partial charge in [-0.15, -0.1) is 0 Å². The molecule has 0 atom stereocenters. The van der Waals surface area contributed by atoms with Crippen molar-refractivity contribution in [3.05, 3.63) is 99.1 Å². The van der Waals surface area contributed by atoms with Crippen LogP contribution in [-0.2, 0) is 4.74 Å². The van der Waals surface area contributed by atoms with Crippen LogP contribution < -0.4 is 5.32 Å². The van der Waals surface area contributed by atoms with E-state index in [0.29, 0.717) is 5.56 Å². The van der Waals surface area contributed by atoms with Crippen molar-refractivity contribution in [3.8, 4) is 29.0 Å². The van der Waals surface area contributed by atoms with Crippen LogP contribution in [-0.4, -0.2) is 24.2 Å². The van der Waals surface area contributed by atoms with Gasteiger partial charge in [0.25, 0.3) is 5.69 Å². The van der Waals surface area contributed by atoms with Gasteiger partial charge in [0.15, 0.2) is 0 Å². The van der Waals surface area contributed by atoms with Crippen molar-refractivity contribution < 1.29 is 14.5 Å². The van der Waals surface area contributed by atoms with Crippen LogP contribution in [0.5, 0.6) is 0 Å². The monoisotopic (exact) mass is 423 g/mol. The van der Waals surface area contributed by atoms with Crippen LogP contribution in [0.2, 0.25) is 0 Å². The fraction of sp³-hybridized carbons (Fsp3) is 0.120. The molecule has 156 valence electrons. The van der Waals surface area contributed by atoms with Gasteiger partial charge in [0.1, 0.15) is 12.7 Å². The maximum Gasteiger partial charge on any atom is 0.407 e. The number of carbonyl (C=O) groups excluding carboxylic acids is 1. The van der Waals surface area contributed by atoms with Gasteiger partial charge in [0.05, 0.1) is 17.0 Å². The van der Waals surface area contributed by atoms with Gasteiger partial charge >= 0.3 is 6.09 Å². The summed E-state index contributed by atoms with van der Waals surface area (Å²) in [5, 5.41) is 22.5. The summed E-state index contributed by atoms with van der Waals surface area (Å²) >= 11 is 0. The first kappa shape index (κ1) is 20.6. The molecule has 7 heteroatoms. The minimum absolute atomic E-state index is 0.0124. The summed E-state index contributed by atoms with van der Waals surface area (Å²) in [6.45, 7) is 0.215. The Morgan fingerprint density at radius 1 is 1.03 bits per heavy atom. The van der Waals surface area contributed by atoms with Crippen molar-refractivity contribution in [3.63, 3.8) is 0 Å².